The highest BCUT2D eigenvalue weighted by Gasteiger charge is 2.18. The predicted molar refractivity (Wildman–Crippen MR) is 219 cm³/mol. The van der Waals surface area contributed by atoms with Gasteiger partial charge < -0.3 is 24.7 Å². The van der Waals surface area contributed by atoms with Crippen molar-refractivity contribution in [2.45, 2.75) is 20.0 Å². The van der Waals surface area contributed by atoms with E-state index in [1.807, 2.05) is 42.5 Å². The maximum absolute atomic E-state index is 12.1. The van der Waals surface area contributed by atoms with Gasteiger partial charge in [0, 0.05) is 66.5 Å². The van der Waals surface area contributed by atoms with Crippen molar-refractivity contribution in [3.8, 4) is 0 Å². The SMILES string of the molecule is CC(=O)CC(=O)OCc1ccc(C2=c3ccc([nH]3)=C(c3ccccc3)c3ccc([nH]3)C(c3ccccc3)=c3ccc([nH]3)=C(c3ccccc3)c3ccc2[nH]3)cc1. The lowest BCUT2D eigenvalue weighted by molar-refractivity contribution is -0.146. The molecule has 0 radical (unpaired) electrons. The van der Waals surface area contributed by atoms with Gasteiger partial charge in [-0.05, 0) is 83.3 Å². The number of hydrogen-bond acceptors (Lipinski definition) is 3. The van der Waals surface area contributed by atoms with Gasteiger partial charge in [0.05, 0.1) is 0 Å². The van der Waals surface area contributed by atoms with E-state index in [2.05, 4.69) is 141 Å². The molecule has 0 aliphatic carbocycles. The Bertz CT molecular complexity index is 2960. The Morgan fingerprint density at radius 3 is 1.09 bits per heavy atom. The third-order valence-corrected chi connectivity index (χ3v) is 10.1. The van der Waals surface area contributed by atoms with E-state index in [-0.39, 0.29) is 18.8 Å². The highest BCUT2D eigenvalue weighted by atomic mass is 16.5. The molecule has 9 rings (SSSR count). The van der Waals surface area contributed by atoms with Crippen LogP contribution in [0.3, 0.4) is 0 Å². The molecule has 1 aliphatic rings. The molecule has 4 aromatic carbocycles. The van der Waals surface area contributed by atoms with Crippen molar-refractivity contribution >= 4 is 34.0 Å². The molecule has 4 N–H and O–H groups in total. The zero-order valence-corrected chi connectivity index (χ0v) is 30.7. The summed E-state index contributed by atoms with van der Waals surface area (Å²) in [5.41, 5.74) is 13.1. The van der Waals surface area contributed by atoms with Gasteiger partial charge in [-0.15, -0.1) is 0 Å². The van der Waals surface area contributed by atoms with Crippen LogP contribution in [-0.4, -0.2) is 31.7 Å². The van der Waals surface area contributed by atoms with E-state index >= 15 is 0 Å². The number of ketones is 1. The molecular formula is C49H38N4O3. The number of carbonyl (C=O) groups excluding carboxylic acids is 2. The summed E-state index contributed by atoms with van der Waals surface area (Å²) in [6, 6.07) is 56.6. The van der Waals surface area contributed by atoms with E-state index < -0.39 is 5.97 Å². The second-order valence-corrected chi connectivity index (χ2v) is 14.0. The Kier molecular flexibility index (Phi) is 9.09. The van der Waals surface area contributed by atoms with Crippen molar-refractivity contribution in [1.29, 1.82) is 0 Å². The van der Waals surface area contributed by atoms with E-state index in [1.165, 1.54) is 6.92 Å². The number of esters is 1. The number of carbonyl (C=O) groups is 2. The second kappa shape index (κ2) is 14.8. The van der Waals surface area contributed by atoms with Crippen LogP contribution in [0.25, 0.3) is 22.3 Å². The maximum atomic E-state index is 12.1. The maximum Gasteiger partial charge on any atom is 0.313 e. The normalized spacial score (nSPS) is 12.5. The number of aromatic amines is 4. The molecule has 0 atom stereocenters. The monoisotopic (exact) mass is 730 g/mol. The van der Waals surface area contributed by atoms with Gasteiger partial charge in [-0.1, -0.05) is 115 Å². The minimum absolute atomic E-state index is 0.0888. The number of rotatable bonds is 8. The fourth-order valence-corrected chi connectivity index (χ4v) is 7.57. The Morgan fingerprint density at radius 2 is 0.750 bits per heavy atom. The van der Waals surface area contributed by atoms with Gasteiger partial charge in [0.1, 0.15) is 18.8 Å². The summed E-state index contributed by atoms with van der Waals surface area (Å²) < 4.78 is 5.37. The molecule has 0 unspecified atom stereocenters. The molecule has 0 amide bonds. The van der Waals surface area contributed by atoms with Gasteiger partial charge in [-0.3, -0.25) is 9.59 Å². The predicted octanol–water partition coefficient (Wildman–Crippen LogP) is 6.32. The third-order valence-electron chi connectivity index (χ3n) is 10.1. The Balaban J connectivity index is 1.31. The molecule has 4 aromatic heterocycles. The molecule has 5 heterocycles. The molecule has 0 saturated heterocycles. The lowest BCUT2D eigenvalue weighted by atomic mass is 10.0. The molecule has 7 nitrogen and oxygen atoms in total. The van der Waals surface area contributed by atoms with E-state index in [1.54, 1.807) is 0 Å². The van der Waals surface area contributed by atoms with Crippen LogP contribution < -0.4 is 21.4 Å². The fourth-order valence-electron chi connectivity index (χ4n) is 7.57. The standard InChI is InChI=1S/C49H38N4O3/c1-31(54)29-45(55)56-30-32-17-19-36(20-18-32)49-43-27-25-41(52-43)47(34-13-7-3-8-14-34)39-23-21-37(50-39)46(33-11-5-2-6-12-33)38-22-24-40(51-38)48(35-15-9-4-10-16-35)42-26-28-44(49)53-42/h2-28,50-53H,29-30H2,1H3. The molecule has 0 spiro atoms. The van der Waals surface area contributed by atoms with Crippen LogP contribution in [0.4, 0.5) is 0 Å². The van der Waals surface area contributed by atoms with Crippen LogP contribution >= 0.6 is 0 Å². The summed E-state index contributed by atoms with van der Waals surface area (Å²) in [5.74, 6) is -0.749. The Morgan fingerprint density at radius 1 is 0.411 bits per heavy atom. The molecule has 1 aliphatic heterocycles. The highest BCUT2D eigenvalue weighted by molar-refractivity contribution is 5.94. The number of benzene rings is 4. The quantitative estimate of drug-likeness (QED) is 0.109. The van der Waals surface area contributed by atoms with Crippen molar-refractivity contribution in [2.24, 2.45) is 0 Å². The number of hydrogen-bond donors (Lipinski definition) is 4. The first-order valence-electron chi connectivity index (χ1n) is 18.7. The number of aromatic nitrogens is 4. The first-order chi connectivity index (χ1) is 27.5. The summed E-state index contributed by atoms with van der Waals surface area (Å²) in [5, 5.41) is 3.87. The first kappa shape index (κ1) is 34.4. The van der Waals surface area contributed by atoms with Gasteiger partial charge in [0.25, 0.3) is 0 Å². The van der Waals surface area contributed by atoms with Gasteiger partial charge >= 0.3 is 5.97 Å². The van der Waals surface area contributed by atoms with Crippen LogP contribution in [0.15, 0.2) is 164 Å². The second-order valence-electron chi connectivity index (χ2n) is 14.0. The summed E-state index contributed by atoms with van der Waals surface area (Å²) in [4.78, 5) is 38.8. The van der Waals surface area contributed by atoms with E-state index in [4.69, 9.17) is 4.74 Å². The van der Waals surface area contributed by atoms with Crippen molar-refractivity contribution in [3.05, 3.63) is 236 Å². The number of nitrogens with one attached hydrogen (secondary N) is 4. The molecule has 0 saturated carbocycles. The lowest BCUT2D eigenvalue weighted by Gasteiger charge is -2.10. The third kappa shape index (κ3) is 6.78. The average molecular weight is 731 g/mol. The minimum Gasteiger partial charge on any atom is -0.460 e. The fraction of sp³-hybridized carbons (Fsp3) is 0.0612. The van der Waals surface area contributed by atoms with Crippen LogP contribution in [0.5, 0.6) is 0 Å². The average Bonchev–Trinajstić information content (AvgIpc) is 4.07. The van der Waals surface area contributed by atoms with E-state index in [0.717, 1.165) is 94.3 Å². The number of Topliss-reactive ketones (excluding diaryl/α,β-unsaturated/α-hetero) is 1. The number of fused-ring (bicyclic) bond motifs is 8. The molecule has 8 bridgehead atoms. The van der Waals surface area contributed by atoms with Crippen molar-refractivity contribution in [1.82, 2.24) is 19.9 Å². The zero-order chi connectivity index (χ0) is 38.0. The van der Waals surface area contributed by atoms with Crippen LogP contribution in [0.1, 0.15) is 63.9 Å². The largest absolute Gasteiger partial charge is 0.460 e. The Hall–Kier alpha value is -7.38. The molecular weight excluding hydrogens is 693 g/mol. The minimum atomic E-state index is -0.528. The van der Waals surface area contributed by atoms with Crippen molar-refractivity contribution < 1.29 is 14.3 Å². The van der Waals surface area contributed by atoms with Crippen molar-refractivity contribution in [2.75, 3.05) is 0 Å². The van der Waals surface area contributed by atoms with Crippen LogP contribution in [0, 0.1) is 0 Å². The van der Waals surface area contributed by atoms with E-state index in [0.29, 0.717) is 0 Å². The number of ether oxygens (including phenoxy) is 1. The molecule has 56 heavy (non-hydrogen) atoms. The van der Waals surface area contributed by atoms with E-state index in [9.17, 15) is 9.59 Å². The molecule has 272 valence electrons. The smallest absolute Gasteiger partial charge is 0.313 e. The first-order valence-corrected chi connectivity index (χ1v) is 18.7. The van der Waals surface area contributed by atoms with Gasteiger partial charge in [-0.25, -0.2) is 0 Å². The molecule has 7 heteroatoms. The molecule has 8 aromatic rings. The Labute approximate surface area is 323 Å². The topological polar surface area (TPSA) is 107 Å². The van der Waals surface area contributed by atoms with Gasteiger partial charge in [0.2, 0.25) is 0 Å². The summed E-state index contributed by atoms with van der Waals surface area (Å²) in [6.07, 6.45) is -0.232. The van der Waals surface area contributed by atoms with Crippen LogP contribution in [0.2, 0.25) is 0 Å². The zero-order valence-electron chi connectivity index (χ0n) is 30.7. The summed E-state index contributed by atoms with van der Waals surface area (Å²) >= 11 is 0. The van der Waals surface area contributed by atoms with Gasteiger partial charge in [-0.2, -0.15) is 0 Å². The number of H-pyrrole nitrogens is 4. The van der Waals surface area contributed by atoms with Crippen LogP contribution in [-0.2, 0) is 20.9 Å². The molecule has 0 fully saturated rings. The van der Waals surface area contributed by atoms with Crippen molar-refractivity contribution in [3.63, 3.8) is 0 Å². The lowest BCUT2D eigenvalue weighted by Crippen LogP contribution is -2.19. The summed E-state index contributed by atoms with van der Waals surface area (Å²) in [6.45, 7) is 1.47. The van der Waals surface area contributed by atoms with Gasteiger partial charge in [0.15, 0.2) is 0 Å². The summed E-state index contributed by atoms with van der Waals surface area (Å²) in [7, 11) is 0. The highest BCUT2D eigenvalue weighted by Crippen LogP contribution is 2.28.